The normalized spacial score (nSPS) is 15.0. The van der Waals surface area contributed by atoms with Crippen LogP contribution in [0.3, 0.4) is 0 Å². The molecule has 0 saturated heterocycles. The van der Waals surface area contributed by atoms with Gasteiger partial charge in [-0.1, -0.05) is 67.5 Å². The number of allylic oxidation sites excluding steroid dienone is 2. The smallest absolute Gasteiger partial charge is 0.305 e. The summed E-state index contributed by atoms with van der Waals surface area (Å²) in [4.78, 5) is 38.7. The molecule has 1 aliphatic rings. The molecule has 2 aromatic rings. The summed E-state index contributed by atoms with van der Waals surface area (Å²) in [5.41, 5.74) is 1.40. The van der Waals surface area contributed by atoms with Crippen LogP contribution in [0.25, 0.3) is 0 Å². The molecule has 0 heterocycles. The lowest BCUT2D eigenvalue weighted by atomic mass is 9.94. The highest BCUT2D eigenvalue weighted by atomic mass is 16.5. The second-order valence-electron chi connectivity index (χ2n) is 11.7. The van der Waals surface area contributed by atoms with Crippen molar-refractivity contribution in [3.8, 4) is 5.75 Å². The molecule has 0 radical (unpaired) electrons. The van der Waals surface area contributed by atoms with Gasteiger partial charge in [0.25, 0.3) is 0 Å². The van der Waals surface area contributed by atoms with Crippen LogP contribution in [0.15, 0.2) is 79.9 Å². The van der Waals surface area contributed by atoms with Gasteiger partial charge in [0.1, 0.15) is 19.0 Å². The maximum atomic E-state index is 13.4. The maximum Gasteiger partial charge on any atom is 0.305 e. The molecule has 8 heteroatoms. The Morgan fingerprint density at radius 3 is 2.34 bits per heavy atom. The molecule has 0 unspecified atom stereocenters. The van der Waals surface area contributed by atoms with Gasteiger partial charge in [-0.3, -0.25) is 14.4 Å². The van der Waals surface area contributed by atoms with Gasteiger partial charge >= 0.3 is 5.97 Å². The van der Waals surface area contributed by atoms with E-state index in [4.69, 9.17) is 9.47 Å². The molecule has 44 heavy (non-hydrogen) atoms. The number of aliphatic hydroxyl groups is 1. The van der Waals surface area contributed by atoms with Crippen molar-refractivity contribution < 1.29 is 29.0 Å². The minimum Gasteiger partial charge on any atom is -0.489 e. The highest BCUT2D eigenvalue weighted by Gasteiger charge is 2.38. The van der Waals surface area contributed by atoms with Gasteiger partial charge in [0.2, 0.25) is 11.8 Å². The Balaban J connectivity index is 1.49. The topological polar surface area (TPSA) is 114 Å². The first-order valence-corrected chi connectivity index (χ1v) is 15.7. The van der Waals surface area contributed by atoms with Gasteiger partial charge in [-0.15, -0.1) is 13.2 Å². The fourth-order valence-corrected chi connectivity index (χ4v) is 5.47. The number of benzene rings is 2. The zero-order valence-electron chi connectivity index (χ0n) is 25.8. The fourth-order valence-electron chi connectivity index (χ4n) is 5.47. The summed E-state index contributed by atoms with van der Waals surface area (Å²) in [5.74, 6) is -0.726. The average molecular weight is 605 g/mol. The van der Waals surface area contributed by atoms with E-state index in [1.807, 2.05) is 60.7 Å². The minimum absolute atomic E-state index is 0.0419. The van der Waals surface area contributed by atoms with E-state index in [1.54, 1.807) is 6.08 Å². The SMILES string of the molecule is C=CCCCCC(=O)OCC1(NC(=O)[C@@H](CC=C)CC(=O)N[C@H](CO)Cc2ccc(OCc3ccccc3)cc2)CCCC1. The van der Waals surface area contributed by atoms with Crippen LogP contribution in [-0.4, -0.2) is 47.7 Å². The van der Waals surface area contributed by atoms with Crippen molar-refractivity contribution in [1.29, 1.82) is 0 Å². The summed E-state index contributed by atoms with van der Waals surface area (Å²) in [6.07, 6.45) is 10.3. The second kappa shape index (κ2) is 18.7. The van der Waals surface area contributed by atoms with Crippen molar-refractivity contribution in [1.82, 2.24) is 10.6 Å². The molecule has 1 aliphatic carbocycles. The molecule has 0 aromatic heterocycles. The molecule has 238 valence electrons. The van der Waals surface area contributed by atoms with E-state index in [0.29, 0.717) is 25.9 Å². The first-order chi connectivity index (χ1) is 21.4. The van der Waals surface area contributed by atoms with E-state index >= 15 is 0 Å². The van der Waals surface area contributed by atoms with Crippen LogP contribution in [0.2, 0.25) is 0 Å². The van der Waals surface area contributed by atoms with Gasteiger partial charge < -0.3 is 25.2 Å². The maximum absolute atomic E-state index is 13.4. The third kappa shape index (κ3) is 12.0. The molecule has 0 bridgehead atoms. The first-order valence-electron chi connectivity index (χ1n) is 15.7. The number of amides is 2. The van der Waals surface area contributed by atoms with E-state index in [2.05, 4.69) is 23.8 Å². The van der Waals surface area contributed by atoms with Gasteiger partial charge in [-0.05, 0) is 68.2 Å². The van der Waals surface area contributed by atoms with Crippen molar-refractivity contribution in [3.63, 3.8) is 0 Å². The van der Waals surface area contributed by atoms with Crippen molar-refractivity contribution in [2.75, 3.05) is 13.2 Å². The number of hydrogen-bond donors (Lipinski definition) is 3. The van der Waals surface area contributed by atoms with E-state index in [1.165, 1.54) is 0 Å². The molecule has 2 aromatic carbocycles. The lowest BCUT2D eigenvalue weighted by Crippen LogP contribution is -2.52. The number of carbonyl (C=O) groups excluding carboxylic acids is 3. The average Bonchev–Trinajstić information content (AvgIpc) is 3.50. The lowest BCUT2D eigenvalue weighted by Gasteiger charge is -2.31. The second-order valence-corrected chi connectivity index (χ2v) is 11.7. The fraction of sp³-hybridized carbons (Fsp3) is 0.472. The Kier molecular flexibility index (Phi) is 14.7. The first kappa shape index (κ1) is 34.6. The summed E-state index contributed by atoms with van der Waals surface area (Å²) >= 11 is 0. The van der Waals surface area contributed by atoms with Crippen molar-refractivity contribution in [2.24, 2.45) is 5.92 Å². The van der Waals surface area contributed by atoms with E-state index in [-0.39, 0.29) is 37.4 Å². The number of rotatable bonds is 20. The van der Waals surface area contributed by atoms with Crippen LogP contribution < -0.4 is 15.4 Å². The third-order valence-corrected chi connectivity index (χ3v) is 7.99. The quantitative estimate of drug-likeness (QED) is 0.103. The Morgan fingerprint density at radius 1 is 0.955 bits per heavy atom. The lowest BCUT2D eigenvalue weighted by molar-refractivity contribution is -0.147. The molecule has 3 N–H and O–H groups in total. The summed E-state index contributed by atoms with van der Waals surface area (Å²) < 4.78 is 11.4. The van der Waals surface area contributed by atoms with Crippen molar-refractivity contribution in [3.05, 3.63) is 91.0 Å². The summed E-state index contributed by atoms with van der Waals surface area (Å²) in [5, 5.41) is 16.0. The predicted octanol–water partition coefficient (Wildman–Crippen LogP) is 5.59. The number of hydrogen-bond acceptors (Lipinski definition) is 6. The number of aliphatic hydroxyl groups excluding tert-OH is 1. The Bertz CT molecular complexity index is 1190. The predicted molar refractivity (Wildman–Crippen MR) is 172 cm³/mol. The number of ether oxygens (including phenoxy) is 2. The Morgan fingerprint density at radius 2 is 1.68 bits per heavy atom. The van der Waals surface area contributed by atoms with E-state index in [9.17, 15) is 19.5 Å². The molecule has 2 atom stereocenters. The van der Waals surface area contributed by atoms with Crippen LogP contribution in [0, 0.1) is 5.92 Å². The van der Waals surface area contributed by atoms with Gasteiger partial charge in [-0.25, -0.2) is 0 Å². The summed E-state index contributed by atoms with van der Waals surface area (Å²) in [6, 6.07) is 17.0. The van der Waals surface area contributed by atoms with E-state index < -0.39 is 17.5 Å². The van der Waals surface area contributed by atoms with Gasteiger partial charge in [-0.2, -0.15) is 0 Å². The monoisotopic (exact) mass is 604 g/mol. The van der Waals surface area contributed by atoms with Crippen LogP contribution in [0.4, 0.5) is 0 Å². The van der Waals surface area contributed by atoms with Crippen molar-refractivity contribution >= 4 is 17.8 Å². The highest BCUT2D eigenvalue weighted by molar-refractivity contribution is 5.86. The molecular weight excluding hydrogens is 556 g/mol. The van der Waals surface area contributed by atoms with Gasteiger partial charge in [0.15, 0.2) is 0 Å². The number of carbonyl (C=O) groups is 3. The van der Waals surface area contributed by atoms with Crippen LogP contribution in [0.1, 0.15) is 75.3 Å². The molecule has 1 saturated carbocycles. The molecule has 0 spiro atoms. The molecule has 2 amide bonds. The molecule has 1 fully saturated rings. The van der Waals surface area contributed by atoms with E-state index in [0.717, 1.165) is 61.8 Å². The zero-order valence-corrected chi connectivity index (χ0v) is 25.8. The number of nitrogens with one attached hydrogen (secondary N) is 2. The Hall–Kier alpha value is -3.91. The standard InChI is InChI=1S/C36H48N2O6/c1-3-5-6-10-16-34(41)44-27-36(21-11-12-22-36)38-35(42)30(13-4-2)24-33(40)37-31(25-39)23-28-17-19-32(20-18-28)43-26-29-14-8-7-9-15-29/h3-4,7-9,14-15,17-20,30-31,39H,1-2,5-6,10-13,16,21-27H2,(H,37,40)(H,38,42)/t30-,31-/m0/s1. The highest BCUT2D eigenvalue weighted by Crippen LogP contribution is 2.31. The summed E-state index contributed by atoms with van der Waals surface area (Å²) in [7, 11) is 0. The minimum atomic E-state index is -0.625. The zero-order chi connectivity index (χ0) is 31.6. The largest absolute Gasteiger partial charge is 0.489 e. The molecule has 0 aliphatic heterocycles. The number of unbranched alkanes of at least 4 members (excludes halogenated alkanes) is 2. The van der Waals surface area contributed by atoms with Crippen molar-refractivity contribution in [2.45, 2.75) is 88.8 Å². The van der Waals surface area contributed by atoms with Gasteiger partial charge in [0.05, 0.1) is 24.1 Å². The van der Waals surface area contributed by atoms with Crippen LogP contribution >= 0.6 is 0 Å². The molecular formula is C36H48N2O6. The van der Waals surface area contributed by atoms with Crippen LogP contribution in [0.5, 0.6) is 5.75 Å². The number of esters is 1. The third-order valence-electron chi connectivity index (χ3n) is 7.99. The molecule has 8 nitrogen and oxygen atoms in total. The Labute approximate surface area is 261 Å². The molecule has 3 rings (SSSR count). The van der Waals surface area contributed by atoms with Gasteiger partial charge in [0, 0.05) is 12.8 Å². The summed E-state index contributed by atoms with van der Waals surface area (Å²) in [6.45, 7) is 7.83. The van der Waals surface area contributed by atoms with Crippen LogP contribution in [-0.2, 0) is 32.1 Å².